The largest absolute Gasteiger partial charge is 0.399 e. The summed E-state index contributed by atoms with van der Waals surface area (Å²) in [6, 6.07) is 11.8. The van der Waals surface area contributed by atoms with Crippen molar-refractivity contribution in [2.24, 2.45) is 0 Å². The van der Waals surface area contributed by atoms with Crippen LogP contribution in [0.1, 0.15) is 0 Å². The summed E-state index contributed by atoms with van der Waals surface area (Å²) in [6.45, 7) is 0. The summed E-state index contributed by atoms with van der Waals surface area (Å²) < 4.78 is 14.7. The number of anilines is 1. The highest BCUT2D eigenvalue weighted by Crippen LogP contribution is 2.20. The normalized spacial score (nSPS) is 10.9. The first kappa shape index (κ1) is 9.84. The highest BCUT2D eigenvalue weighted by Gasteiger charge is 2.04. The van der Waals surface area contributed by atoms with Crippen molar-refractivity contribution in [3.8, 4) is 5.69 Å². The Kier molecular flexibility index (Phi) is 2.08. The molecule has 0 saturated heterocycles. The maximum atomic E-state index is 12.9. The Morgan fingerprint density at radius 3 is 2.59 bits per heavy atom. The van der Waals surface area contributed by atoms with Crippen LogP contribution in [0.5, 0.6) is 0 Å². The van der Waals surface area contributed by atoms with Gasteiger partial charge in [-0.25, -0.2) is 9.37 Å². The lowest BCUT2D eigenvalue weighted by atomic mass is 10.2. The van der Waals surface area contributed by atoms with Crippen molar-refractivity contribution in [2.75, 3.05) is 5.73 Å². The van der Waals surface area contributed by atoms with Crippen molar-refractivity contribution < 1.29 is 4.39 Å². The Morgan fingerprint density at radius 2 is 1.82 bits per heavy atom. The van der Waals surface area contributed by atoms with Gasteiger partial charge in [0.15, 0.2) is 0 Å². The Morgan fingerprint density at radius 1 is 1.06 bits per heavy atom. The predicted octanol–water partition coefficient (Wildman–Crippen LogP) is 2.75. The number of aromatic nitrogens is 2. The van der Waals surface area contributed by atoms with Crippen molar-refractivity contribution in [2.45, 2.75) is 0 Å². The first-order chi connectivity index (χ1) is 8.24. The number of nitrogens with zero attached hydrogens (tertiary/aromatic N) is 2. The van der Waals surface area contributed by atoms with E-state index >= 15 is 0 Å². The van der Waals surface area contributed by atoms with Gasteiger partial charge in [0, 0.05) is 11.4 Å². The minimum absolute atomic E-state index is 0.252. The number of imidazole rings is 1. The van der Waals surface area contributed by atoms with Crippen LogP contribution in [0.25, 0.3) is 16.7 Å². The smallest absolute Gasteiger partial charge is 0.123 e. The lowest BCUT2D eigenvalue weighted by Crippen LogP contribution is -1.92. The van der Waals surface area contributed by atoms with Gasteiger partial charge in [-0.1, -0.05) is 0 Å². The average molecular weight is 227 g/mol. The first-order valence-corrected chi connectivity index (χ1v) is 5.22. The van der Waals surface area contributed by atoms with Crippen molar-refractivity contribution >= 4 is 16.7 Å². The van der Waals surface area contributed by atoms with E-state index in [1.807, 2.05) is 22.8 Å². The third-order valence-electron chi connectivity index (χ3n) is 2.68. The molecule has 3 aromatic rings. The number of hydrogen-bond acceptors (Lipinski definition) is 2. The van der Waals surface area contributed by atoms with Crippen molar-refractivity contribution in [3.05, 3.63) is 54.6 Å². The second-order valence-corrected chi connectivity index (χ2v) is 3.84. The van der Waals surface area contributed by atoms with Crippen LogP contribution in [0.2, 0.25) is 0 Å². The first-order valence-electron chi connectivity index (χ1n) is 5.22. The summed E-state index contributed by atoms with van der Waals surface area (Å²) in [4.78, 5) is 4.27. The van der Waals surface area contributed by atoms with E-state index in [1.165, 1.54) is 12.1 Å². The molecule has 0 fully saturated rings. The predicted molar refractivity (Wildman–Crippen MR) is 65.4 cm³/mol. The molecule has 0 atom stereocenters. The minimum Gasteiger partial charge on any atom is -0.399 e. The van der Waals surface area contributed by atoms with Crippen LogP contribution in [-0.2, 0) is 0 Å². The standard InChI is InChI=1S/C13H10FN3/c14-9-1-4-11(5-2-9)17-8-16-12-6-3-10(15)7-13(12)17/h1-8H,15H2. The molecule has 0 spiro atoms. The third kappa shape index (κ3) is 1.63. The zero-order valence-electron chi connectivity index (χ0n) is 8.97. The quantitative estimate of drug-likeness (QED) is 0.649. The van der Waals surface area contributed by atoms with Crippen molar-refractivity contribution in [1.82, 2.24) is 9.55 Å². The second kappa shape index (κ2) is 3.59. The number of nitrogen functional groups attached to an aromatic ring is 1. The van der Waals surface area contributed by atoms with Gasteiger partial charge >= 0.3 is 0 Å². The van der Waals surface area contributed by atoms with Crippen molar-refractivity contribution in [3.63, 3.8) is 0 Å². The summed E-state index contributed by atoms with van der Waals surface area (Å²) in [5.41, 5.74) is 9.07. The fraction of sp³-hybridized carbons (Fsp3) is 0. The van der Waals surface area contributed by atoms with Gasteiger partial charge in [-0.3, -0.25) is 4.57 Å². The van der Waals surface area contributed by atoms with Gasteiger partial charge < -0.3 is 5.73 Å². The molecule has 17 heavy (non-hydrogen) atoms. The van der Waals surface area contributed by atoms with Gasteiger partial charge in [0.25, 0.3) is 0 Å². The van der Waals surface area contributed by atoms with E-state index in [-0.39, 0.29) is 5.82 Å². The molecule has 1 aromatic heterocycles. The molecule has 3 nitrogen and oxygen atoms in total. The Hall–Kier alpha value is -2.36. The average Bonchev–Trinajstić information content (AvgIpc) is 2.73. The maximum Gasteiger partial charge on any atom is 0.123 e. The molecule has 0 aliphatic heterocycles. The van der Waals surface area contributed by atoms with Crippen molar-refractivity contribution in [1.29, 1.82) is 0 Å². The number of hydrogen-bond donors (Lipinski definition) is 1. The van der Waals surface area contributed by atoms with Gasteiger partial charge in [-0.15, -0.1) is 0 Å². The van der Waals surface area contributed by atoms with Crippen LogP contribution in [0, 0.1) is 5.82 Å². The maximum absolute atomic E-state index is 12.9. The summed E-state index contributed by atoms with van der Waals surface area (Å²) >= 11 is 0. The molecule has 3 rings (SSSR count). The SMILES string of the molecule is Nc1ccc2ncn(-c3ccc(F)cc3)c2c1. The van der Waals surface area contributed by atoms with Gasteiger partial charge in [-0.2, -0.15) is 0 Å². The second-order valence-electron chi connectivity index (χ2n) is 3.84. The van der Waals surface area contributed by atoms with Gasteiger partial charge in [0.2, 0.25) is 0 Å². The number of benzene rings is 2. The molecule has 0 amide bonds. The van der Waals surface area contributed by atoms with E-state index in [2.05, 4.69) is 4.98 Å². The molecule has 84 valence electrons. The lowest BCUT2D eigenvalue weighted by molar-refractivity contribution is 0.627. The molecular formula is C13H10FN3. The fourth-order valence-corrected chi connectivity index (χ4v) is 1.83. The summed E-state index contributed by atoms with van der Waals surface area (Å²) in [5, 5.41) is 0. The molecule has 2 N–H and O–H groups in total. The Labute approximate surface area is 97.3 Å². The van der Waals surface area contributed by atoms with Crippen LogP contribution >= 0.6 is 0 Å². The molecule has 0 aliphatic rings. The van der Waals surface area contributed by atoms with Crippen LogP contribution < -0.4 is 5.73 Å². The zero-order valence-corrected chi connectivity index (χ0v) is 8.97. The molecule has 2 aromatic carbocycles. The topological polar surface area (TPSA) is 43.8 Å². The number of nitrogens with two attached hydrogens (primary N) is 1. The number of fused-ring (bicyclic) bond motifs is 1. The third-order valence-corrected chi connectivity index (χ3v) is 2.68. The van der Waals surface area contributed by atoms with E-state index in [0.717, 1.165) is 16.7 Å². The molecule has 0 unspecified atom stereocenters. The molecule has 1 heterocycles. The van der Waals surface area contributed by atoms with E-state index in [0.29, 0.717) is 5.69 Å². The summed E-state index contributed by atoms with van der Waals surface area (Å²) in [7, 11) is 0. The van der Waals surface area contributed by atoms with Gasteiger partial charge in [0.05, 0.1) is 11.0 Å². The molecule has 0 radical (unpaired) electrons. The highest BCUT2D eigenvalue weighted by atomic mass is 19.1. The molecule has 4 heteroatoms. The van der Waals surface area contributed by atoms with E-state index in [4.69, 9.17) is 5.73 Å². The van der Waals surface area contributed by atoms with Gasteiger partial charge in [-0.05, 0) is 42.5 Å². The lowest BCUT2D eigenvalue weighted by Gasteiger charge is -2.04. The summed E-state index contributed by atoms with van der Waals surface area (Å²) in [5.74, 6) is -0.252. The monoisotopic (exact) mass is 227 g/mol. The van der Waals surface area contributed by atoms with Crippen LogP contribution in [0.3, 0.4) is 0 Å². The Balaban J connectivity index is 2.23. The highest BCUT2D eigenvalue weighted by molar-refractivity contribution is 5.80. The molecule has 0 aliphatic carbocycles. The number of rotatable bonds is 1. The van der Waals surface area contributed by atoms with Crippen LogP contribution in [-0.4, -0.2) is 9.55 Å². The van der Waals surface area contributed by atoms with E-state index in [1.54, 1.807) is 18.5 Å². The Bertz CT molecular complexity index is 671. The number of halogens is 1. The molecule has 0 saturated carbocycles. The molecule has 0 bridgehead atoms. The van der Waals surface area contributed by atoms with Crippen LogP contribution in [0.15, 0.2) is 48.8 Å². The molecular weight excluding hydrogens is 217 g/mol. The van der Waals surface area contributed by atoms with Crippen LogP contribution in [0.4, 0.5) is 10.1 Å². The van der Waals surface area contributed by atoms with Gasteiger partial charge in [0.1, 0.15) is 12.1 Å². The minimum atomic E-state index is -0.252. The van der Waals surface area contributed by atoms with E-state index in [9.17, 15) is 4.39 Å². The fourth-order valence-electron chi connectivity index (χ4n) is 1.83. The van der Waals surface area contributed by atoms with E-state index < -0.39 is 0 Å². The zero-order chi connectivity index (χ0) is 11.8. The summed E-state index contributed by atoms with van der Waals surface area (Å²) in [6.07, 6.45) is 1.71.